The molecule has 1 aromatic rings. The van der Waals surface area contributed by atoms with E-state index in [1.807, 2.05) is 4.57 Å². The Hall–Kier alpha value is -0.731. The van der Waals surface area contributed by atoms with Gasteiger partial charge in [0.15, 0.2) is 5.75 Å². The van der Waals surface area contributed by atoms with Crippen LogP contribution in [-0.4, -0.2) is 9.67 Å². The van der Waals surface area contributed by atoms with Crippen LogP contribution in [0.2, 0.25) is 0 Å². The second-order valence-corrected chi connectivity index (χ2v) is 2.79. The first-order valence-electron chi connectivity index (χ1n) is 4.13. The molecule has 1 rings (SSSR count). The molecule has 0 saturated carbocycles. The Kier molecular flexibility index (Phi) is 5.51. The third-order valence-corrected chi connectivity index (χ3v) is 1.73. The van der Waals surface area contributed by atoms with Crippen LogP contribution in [0.1, 0.15) is 19.8 Å². The minimum Gasteiger partial charge on any atom is -0.503 e. The van der Waals surface area contributed by atoms with Gasteiger partial charge in [-0.2, -0.15) is 0 Å². The van der Waals surface area contributed by atoms with Crippen LogP contribution in [0.5, 0.6) is 5.75 Å². The Morgan fingerprint density at radius 1 is 1.54 bits per heavy atom. The summed E-state index contributed by atoms with van der Waals surface area (Å²) in [6.45, 7) is 2.95. The molecule has 71 valence electrons. The molecular formula is C9H13FeNO2+3. The Labute approximate surface area is 87.9 Å². The van der Waals surface area contributed by atoms with Gasteiger partial charge in [0.1, 0.15) is 0 Å². The SMILES string of the molecule is CCCCn1ccc(=O)c(O)c1.[Fe+3]. The van der Waals surface area contributed by atoms with Crippen LogP contribution in [0.25, 0.3) is 0 Å². The average Bonchev–Trinajstić information content (AvgIpc) is 2.07. The summed E-state index contributed by atoms with van der Waals surface area (Å²) >= 11 is 0. The minimum absolute atomic E-state index is 0. The van der Waals surface area contributed by atoms with Crippen molar-refractivity contribution in [2.45, 2.75) is 26.3 Å². The first kappa shape index (κ1) is 12.3. The zero-order valence-electron chi connectivity index (χ0n) is 7.51. The molecule has 1 radical (unpaired) electrons. The van der Waals surface area contributed by atoms with Crippen molar-refractivity contribution in [1.29, 1.82) is 0 Å². The summed E-state index contributed by atoms with van der Waals surface area (Å²) in [5.41, 5.74) is -0.317. The van der Waals surface area contributed by atoms with Crippen molar-refractivity contribution in [3.05, 3.63) is 28.7 Å². The van der Waals surface area contributed by atoms with Crippen molar-refractivity contribution in [1.82, 2.24) is 4.57 Å². The van der Waals surface area contributed by atoms with Crippen molar-refractivity contribution in [2.24, 2.45) is 0 Å². The molecule has 0 aromatic carbocycles. The predicted molar refractivity (Wildman–Crippen MR) is 47.3 cm³/mol. The monoisotopic (exact) mass is 223 g/mol. The van der Waals surface area contributed by atoms with Crippen LogP contribution in [0.3, 0.4) is 0 Å². The van der Waals surface area contributed by atoms with Crippen LogP contribution in [0.4, 0.5) is 0 Å². The van der Waals surface area contributed by atoms with Crippen molar-refractivity contribution in [3.8, 4) is 5.75 Å². The summed E-state index contributed by atoms with van der Waals surface area (Å²) in [6.07, 6.45) is 5.32. The average molecular weight is 223 g/mol. The largest absolute Gasteiger partial charge is 3.00 e. The molecule has 0 saturated heterocycles. The molecule has 0 spiro atoms. The molecule has 0 amide bonds. The van der Waals surface area contributed by atoms with Gasteiger partial charge in [-0.05, 0) is 6.42 Å². The van der Waals surface area contributed by atoms with Crippen LogP contribution < -0.4 is 5.43 Å². The predicted octanol–water partition coefficient (Wildman–Crippen LogP) is 1.35. The summed E-state index contributed by atoms with van der Waals surface area (Å²) in [7, 11) is 0. The third-order valence-electron chi connectivity index (χ3n) is 1.73. The van der Waals surface area contributed by atoms with Gasteiger partial charge in [-0.3, -0.25) is 4.79 Å². The van der Waals surface area contributed by atoms with Crippen LogP contribution >= 0.6 is 0 Å². The van der Waals surface area contributed by atoms with E-state index in [-0.39, 0.29) is 28.2 Å². The first-order chi connectivity index (χ1) is 5.74. The maximum Gasteiger partial charge on any atom is 3.00 e. The van der Waals surface area contributed by atoms with Crippen LogP contribution in [-0.2, 0) is 23.6 Å². The second-order valence-electron chi connectivity index (χ2n) is 2.79. The van der Waals surface area contributed by atoms with E-state index in [1.54, 1.807) is 6.20 Å². The molecule has 4 heteroatoms. The second kappa shape index (κ2) is 5.84. The Morgan fingerprint density at radius 2 is 2.23 bits per heavy atom. The van der Waals surface area contributed by atoms with Gasteiger partial charge in [0.05, 0.1) is 0 Å². The van der Waals surface area contributed by atoms with Gasteiger partial charge in [0.25, 0.3) is 0 Å². The number of rotatable bonds is 3. The molecule has 1 heterocycles. The number of aromatic nitrogens is 1. The smallest absolute Gasteiger partial charge is 0.503 e. The third kappa shape index (κ3) is 3.66. The molecule has 0 atom stereocenters. The number of aromatic hydroxyl groups is 1. The van der Waals surface area contributed by atoms with Crippen LogP contribution in [0.15, 0.2) is 23.3 Å². The normalized spacial score (nSPS) is 9.31. The van der Waals surface area contributed by atoms with Crippen molar-refractivity contribution in [2.75, 3.05) is 0 Å². The van der Waals surface area contributed by atoms with E-state index in [9.17, 15) is 4.79 Å². The number of unbranched alkanes of at least 4 members (excludes halogenated alkanes) is 1. The zero-order valence-corrected chi connectivity index (χ0v) is 8.61. The molecule has 0 bridgehead atoms. The maximum absolute atomic E-state index is 10.8. The van der Waals surface area contributed by atoms with Crippen molar-refractivity contribution < 1.29 is 22.2 Å². The van der Waals surface area contributed by atoms with E-state index >= 15 is 0 Å². The minimum atomic E-state index is -0.317. The molecule has 13 heavy (non-hydrogen) atoms. The van der Waals surface area contributed by atoms with Gasteiger partial charge in [-0.25, -0.2) is 0 Å². The molecule has 3 nitrogen and oxygen atoms in total. The molecule has 1 aromatic heterocycles. The van der Waals surface area contributed by atoms with Crippen LogP contribution in [0, 0.1) is 0 Å². The summed E-state index contributed by atoms with van der Waals surface area (Å²) in [5.74, 6) is -0.173. The number of aryl methyl sites for hydroxylation is 1. The molecule has 0 unspecified atom stereocenters. The topological polar surface area (TPSA) is 42.2 Å². The summed E-state index contributed by atoms with van der Waals surface area (Å²) in [4.78, 5) is 10.8. The standard InChI is InChI=1S/C9H13NO2.Fe/c1-2-3-5-10-6-4-8(11)9(12)7-10;/h4,6-7,12H,2-3,5H2,1H3;/q;+3. The molecular weight excluding hydrogens is 210 g/mol. The summed E-state index contributed by atoms with van der Waals surface area (Å²) in [5, 5.41) is 9.07. The van der Waals surface area contributed by atoms with E-state index in [1.165, 1.54) is 12.3 Å². The fraction of sp³-hybridized carbons (Fsp3) is 0.444. The van der Waals surface area contributed by atoms with Gasteiger partial charge in [-0.15, -0.1) is 0 Å². The molecule has 1 N–H and O–H groups in total. The van der Waals surface area contributed by atoms with E-state index in [0.29, 0.717) is 0 Å². The van der Waals surface area contributed by atoms with Gasteiger partial charge >= 0.3 is 17.1 Å². The number of hydrogen-bond donors (Lipinski definition) is 1. The fourth-order valence-corrected chi connectivity index (χ4v) is 0.992. The number of hydrogen-bond acceptors (Lipinski definition) is 2. The summed E-state index contributed by atoms with van der Waals surface area (Å²) in [6, 6.07) is 1.38. The maximum atomic E-state index is 10.8. The van der Waals surface area contributed by atoms with Crippen molar-refractivity contribution in [3.63, 3.8) is 0 Å². The summed E-state index contributed by atoms with van der Waals surface area (Å²) < 4.78 is 1.82. The van der Waals surface area contributed by atoms with Gasteiger partial charge in [0.2, 0.25) is 5.43 Å². The number of nitrogens with zero attached hydrogens (tertiary/aromatic N) is 1. The quantitative estimate of drug-likeness (QED) is 0.786. The van der Waals surface area contributed by atoms with E-state index in [0.717, 1.165) is 19.4 Å². The van der Waals surface area contributed by atoms with Gasteiger partial charge < -0.3 is 9.67 Å². The Morgan fingerprint density at radius 3 is 2.77 bits per heavy atom. The fourth-order valence-electron chi connectivity index (χ4n) is 0.992. The Bertz CT molecular complexity index is 309. The zero-order chi connectivity index (χ0) is 8.97. The van der Waals surface area contributed by atoms with E-state index in [2.05, 4.69) is 6.92 Å². The molecule has 0 fully saturated rings. The van der Waals surface area contributed by atoms with Gasteiger partial charge in [-0.1, -0.05) is 13.3 Å². The van der Waals surface area contributed by atoms with Crippen molar-refractivity contribution >= 4 is 0 Å². The van der Waals surface area contributed by atoms with E-state index < -0.39 is 0 Å². The molecule has 0 aliphatic rings. The first-order valence-corrected chi connectivity index (χ1v) is 4.13. The van der Waals surface area contributed by atoms with Gasteiger partial charge in [0, 0.05) is 25.0 Å². The molecule has 0 aliphatic heterocycles. The Balaban J connectivity index is 0.00000144. The molecule has 0 aliphatic carbocycles. The number of pyridine rings is 1. The van der Waals surface area contributed by atoms with E-state index in [4.69, 9.17) is 5.11 Å².